The van der Waals surface area contributed by atoms with Crippen LogP contribution in [0.1, 0.15) is 19.3 Å². The SMILES string of the molecule is O=C(CCN1CCC(C(=O)Nc2ccc(Cl)cn2)CC1)Nc1cccc(Cl)c1. The molecule has 28 heavy (non-hydrogen) atoms. The van der Waals surface area contributed by atoms with Crippen molar-refractivity contribution in [2.45, 2.75) is 19.3 Å². The van der Waals surface area contributed by atoms with Gasteiger partial charge in [0.1, 0.15) is 5.82 Å². The smallest absolute Gasteiger partial charge is 0.228 e. The fourth-order valence-electron chi connectivity index (χ4n) is 3.15. The third kappa shape index (κ3) is 6.19. The first-order chi connectivity index (χ1) is 13.5. The number of benzene rings is 1. The topological polar surface area (TPSA) is 74.3 Å². The molecule has 1 saturated heterocycles. The van der Waals surface area contributed by atoms with Gasteiger partial charge in [0.2, 0.25) is 11.8 Å². The molecule has 1 aromatic heterocycles. The minimum Gasteiger partial charge on any atom is -0.326 e. The highest BCUT2D eigenvalue weighted by molar-refractivity contribution is 6.31. The average molecular weight is 421 g/mol. The number of halogens is 2. The first-order valence-electron chi connectivity index (χ1n) is 9.20. The van der Waals surface area contributed by atoms with Crippen LogP contribution in [0.2, 0.25) is 10.0 Å². The lowest BCUT2D eigenvalue weighted by molar-refractivity contribution is -0.121. The molecule has 2 heterocycles. The van der Waals surface area contributed by atoms with Crippen LogP contribution < -0.4 is 10.6 Å². The number of aromatic nitrogens is 1. The van der Waals surface area contributed by atoms with Crippen molar-refractivity contribution in [1.82, 2.24) is 9.88 Å². The van der Waals surface area contributed by atoms with E-state index in [2.05, 4.69) is 20.5 Å². The predicted octanol–water partition coefficient (Wildman–Crippen LogP) is 4.07. The van der Waals surface area contributed by atoms with Crippen molar-refractivity contribution in [1.29, 1.82) is 0 Å². The average Bonchev–Trinajstić information content (AvgIpc) is 2.68. The van der Waals surface area contributed by atoms with Crippen LogP contribution in [0, 0.1) is 5.92 Å². The van der Waals surface area contributed by atoms with Gasteiger partial charge in [0.15, 0.2) is 0 Å². The molecular weight excluding hydrogens is 399 g/mol. The molecule has 0 aliphatic carbocycles. The van der Waals surface area contributed by atoms with Crippen LogP contribution in [0.3, 0.4) is 0 Å². The van der Waals surface area contributed by atoms with Gasteiger partial charge in [-0.15, -0.1) is 0 Å². The molecule has 1 aliphatic rings. The van der Waals surface area contributed by atoms with Crippen LogP contribution in [-0.2, 0) is 9.59 Å². The molecule has 1 aliphatic heterocycles. The highest BCUT2D eigenvalue weighted by Crippen LogP contribution is 2.20. The molecule has 0 spiro atoms. The number of anilines is 2. The number of nitrogens with one attached hydrogen (secondary N) is 2. The fourth-order valence-corrected chi connectivity index (χ4v) is 3.45. The first kappa shape index (κ1) is 20.6. The number of carbonyl (C=O) groups is 2. The van der Waals surface area contributed by atoms with Gasteiger partial charge in [-0.2, -0.15) is 0 Å². The second-order valence-electron chi connectivity index (χ2n) is 6.78. The highest BCUT2D eigenvalue weighted by Gasteiger charge is 2.25. The van der Waals surface area contributed by atoms with Gasteiger partial charge in [-0.25, -0.2) is 4.98 Å². The number of rotatable bonds is 6. The van der Waals surface area contributed by atoms with Crippen LogP contribution in [0.4, 0.5) is 11.5 Å². The maximum atomic E-state index is 12.4. The molecule has 6 nitrogen and oxygen atoms in total. The molecule has 0 unspecified atom stereocenters. The summed E-state index contributed by atoms with van der Waals surface area (Å²) in [5, 5.41) is 6.81. The van der Waals surface area contributed by atoms with E-state index in [4.69, 9.17) is 23.2 Å². The standard InChI is InChI=1S/C20H22Cl2N4O2/c21-15-2-1-3-17(12-15)24-19(27)8-11-26-9-6-14(7-10-26)20(28)25-18-5-4-16(22)13-23-18/h1-5,12-14H,6-11H2,(H,24,27)(H,23,25,28). The molecule has 0 atom stereocenters. The molecule has 0 saturated carbocycles. The van der Waals surface area contributed by atoms with Gasteiger partial charge in [-0.05, 0) is 56.3 Å². The van der Waals surface area contributed by atoms with Gasteiger partial charge in [0.05, 0.1) is 5.02 Å². The number of likely N-dealkylation sites (tertiary alicyclic amines) is 1. The van der Waals surface area contributed by atoms with Gasteiger partial charge in [-0.3, -0.25) is 9.59 Å². The van der Waals surface area contributed by atoms with Crippen LogP contribution in [0.15, 0.2) is 42.6 Å². The van der Waals surface area contributed by atoms with Crippen molar-refractivity contribution in [3.63, 3.8) is 0 Å². The van der Waals surface area contributed by atoms with E-state index in [-0.39, 0.29) is 17.7 Å². The van der Waals surface area contributed by atoms with E-state index in [0.29, 0.717) is 34.5 Å². The summed E-state index contributed by atoms with van der Waals surface area (Å²) < 4.78 is 0. The highest BCUT2D eigenvalue weighted by atomic mass is 35.5. The maximum Gasteiger partial charge on any atom is 0.228 e. The largest absolute Gasteiger partial charge is 0.326 e. The Morgan fingerprint density at radius 1 is 1.07 bits per heavy atom. The molecule has 0 radical (unpaired) electrons. The first-order valence-corrected chi connectivity index (χ1v) is 9.95. The van der Waals surface area contributed by atoms with Crippen molar-refractivity contribution in [3.05, 3.63) is 52.6 Å². The van der Waals surface area contributed by atoms with Gasteiger partial charge in [0, 0.05) is 35.8 Å². The number of carbonyl (C=O) groups excluding carboxylic acids is 2. The van der Waals surface area contributed by atoms with Gasteiger partial charge in [-0.1, -0.05) is 29.3 Å². The number of amides is 2. The maximum absolute atomic E-state index is 12.4. The Labute approximate surface area is 174 Å². The van der Waals surface area contributed by atoms with Crippen LogP contribution in [-0.4, -0.2) is 41.3 Å². The Balaban J connectivity index is 1.38. The Kier molecular flexibility index (Phi) is 7.25. The van der Waals surface area contributed by atoms with Crippen LogP contribution in [0.5, 0.6) is 0 Å². The molecule has 1 aromatic carbocycles. The second kappa shape index (κ2) is 9.87. The van der Waals surface area contributed by atoms with Crippen molar-refractivity contribution in [2.75, 3.05) is 30.3 Å². The summed E-state index contributed by atoms with van der Waals surface area (Å²) in [4.78, 5) is 30.8. The summed E-state index contributed by atoms with van der Waals surface area (Å²) in [5.41, 5.74) is 0.698. The summed E-state index contributed by atoms with van der Waals surface area (Å²) >= 11 is 11.7. The van der Waals surface area contributed by atoms with E-state index in [1.807, 2.05) is 6.07 Å². The van der Waals surface area contributed by atoms with E-state index in [0.717, 1.165) is 25.9 Å². The zero-order chi connectivity index (χ0) is 19.9. The zero-order valence-electron chi connectivity index (χ0n) is 15.3. The van der Waals surface area contributed by atoms with Gasteiger partial charge >= 0.3 is 0 Å². The van der Waals surface area contributed by atoms with Crippen LogP contribution >= 0.6 is 23.2 Å². The molecule has 1 fully saturated rings. The lowest BCUT2D eigenvalue weighted by Crippen LogP contribution is -2.39. The molecule has 2 N–H and O–H groups in total. The van der Waals surface area contributed by atoms with Crippen molar-refractivity contribution in [2.24, 2.45) is 5.92 Å². The van der Waals surface area contributed by atoms with Gasteiger partial charge < -0.3 is 15.5 Å². The lowest BCUT2D eigenvalue weighted by Gasteiger charge is -2.31. The molecule has 0 bridgehead atoms. The van der Waals surface area contributed by atoms with Crippen molar-refractivity contribution < 1.29 is 9.59 Å². The molecular formula is C20H22Cl2N4O2. The van der Waals surface area contributed by atoms with Gasteiger partial charge in [0.25, 0.3) is 0 Å². The fraction of sp³-hybridized carbons (Fsp3) is 0.350. The Hall–Kier alpha value is -2.15. The van der Waals surface area contributed by atoms with Crippen molar-refractivity contribution in [3.8, 4) is 0 Å². The third-order valence-corrected chi connectivity index (χ3v) is 5.16. The third-order valence-electron chi connectivity index (χ3n) is 4.70. The normalized spacial score (nSPS) is 15.2. The Bertz CT molecular complexity index is 821. The monoisotopic (exact) mass is 420 g/mol. The summed E-state index contributed by atoms with van der Waals surface area (Å²) in [6, 6.07) is 10.5. The number of hydrogen-bond acceptors (Lipinski definition) is 4. The number of pyridine rings is 1. The van der Waals surface area contributed by atoms with E-state index in [9.17, 15) is 9.59 Å². The minimum absolute atomic E-state index is 0.0202. The number of nitrogens with zero attached hydrogens (tertiary/aromatic N) is 2. The summed E-state index contributed by atoms with van der Waals surface area (Å²) in [6.45, 7) is 2.24. The van der Waals surface area contributed by atoms with E-state index >= 15 is 0 Å². The summed E-state index contributed by atoms with van der Waals surface area (Å²) in [5.74, 6) is 0.396. The molecule has 3 rings (SSSR count). The summed E-state index contributed by atoms with van der Waals surface area (Å²) in [7, 11) is 0. The summed E-state index contributed by atoms with van der Waals surface area (Å²) in [6.07, 6.45) is 3.43. The van der Waals surface area contributed by atoms with E-state index in [1.54, 1.807) is 30.3 Å². The molecule has 148 valence electrons. The molecule has 2 aromatic rings. The second-order valence-corrected chi connectivity index (χ2v) is 7.65. The predicted molar refractivity (Wildman–Crippen MR) is 112 cm³/mol. The molecule has 2 amide bonds. The quantitative estimate of drug-likeness (QED) is 0.738. The Morgan fingerprint density at radius 2 is 1.86 bits per heavy atom. The molecule has 8 heteroatoms. The van der Waals surface area contributed by atoms with Crippen molar-refractivity contribution >= 4 is 46.5 Å². The van der Waals surface area contributed by atoms with E-state index < -0.39 is 0 Å². The minimum atomic E-state index is -0.0472. The number of piperidine rings is 1. The van der Waals surface area contributed by atoms with E-state index in [1.165, 1.54) is 6.20 Å². The number of hydrogen-bond donors (Lipinski definition) is 2. The Morgan fingerprint density at radius 3 is 2.54 bits per heavy atom. The van der Waals surface area contributed by atoms with Crippen LogP contribution in [0.25, 0.3) is 0 Å². The zero-order valence-corrected chi connectivity index (χ0v) is 16.8. The lowest BCUT2D eigenvalue weighted by atomic mass is 9.96.